The molecule has 5 rings (SSSR count). The fourth-order valence-corrected chi connectivity index (χ4v) is 5.81. The highest BCUT2D eigenvalue weighted by Crippen LogP contribution is 2.40. The molecule has 2 fully saturated rings. The summed E-state index contributed by atoms with van der Waals surface area (Å²) in [4.78, 5) is 6.41. The molecule has 2 aliphatic heterocycles. The largest absolute Gasteiger partial charge is 0.369 e. The summed E-state index contributed by atoms with van der Waals surface area (Å²) in [5.74, 6) is -1.06. The minimum absolute atomic E-state index is 0.0390. The molecule has 3 aromatic rings. The summed E-state index contributed by atoms with van der Waals surface area (Å²) >= 11 is 5.93. The van der Waals surface area contributed by atoms with E-state index in [1.807, 2.05) is 4.90 Å². The zero-order valence-corrected chi connectivity index (χ0v) is 18.1. The van der Waals surface area contributed by atoms with Crippen LogP contribution in [0.4, 0.5) is 10.1 Å². The Bertz CT molecular complexity index is 1230. The molecule has 9 heteroatoms. The van der Waals surface area contributed by atoms with Crippen molar-refractivity contribution in [1.29, 1.82) is 0 Å². The Balaban J connectivity index is 1.64. The maximum Gasteiger partial charge on any atom is 0.210 e. The predicted molar refractivity (Wildman–Crippen MR) is 115 cm³/mol. The summed E-state index contributed by atoms with van der Waals surface area (Å²) < 4.78 is 52.8. The lowest BCUT2D eigenvalue weighted by Gasteiger charge is -2.39. The lowest BCUT2D eigenvalue weighted by molar-refractivity contribution is -0.169. The molecular weight excluding hydrogens is 443 g/mol. The van der Waals surface area contributed by atoms with Gasteiger partial charge in [0.2, 0.25) is 9.84 Å². The van der Waals surface area contributed by atoms with Crippen LogP contribution < -0.4 is 4.90 Å². The average Bonchev–Trinajstić information content (AvgIpc) is 3.22. The van der Waals surface area contributed by atoms with Crippen LogP contribution >= 0.6 is 11.6 Å². The number of anilines is 1. The van der Waals surface area contributed by atoms with Crippen molar-refractivity contribution in [1.82, 2.24) is 4.98 Å². The Hall–Kier alpha value is -2.26. The number of nitrogens with zero attached hydrogens (tertiary/aromatic N) is 2. The van der Waals surface area contributed by atoms with Crippen molar-refractivity contribution in [3.8, 4) is 0 Å². The van der Waals surface area contributed by atoms with Crippen molar-refractivity contribution in [2.24, 2.45) is 0 Å². The van der Waals surface area contributed by atoms with Crippen LogP contribution in [0.3, 0.4) is 0 Å². The second-order valence-electron chi connectivity index (χ2n) is 7.68. The van der Waals surface area contributed by atoms with Crippen molar-refractivity contribution in [2.45, 2.75) is 28.4 Å². The summed E-state index contributed by atoms with van der Waals surface area (Å²) in [6.45, 7) is 2.14. The van der Waals surface area contributed by atoms with Crippen LogP contribution in [0.1, 0.15) is 12.8 Å². The fraction of sp³-hybridized carbons (Fsp3) is 0.318. The van der Waals surface area contributed by atoms with E-state index >= 15 is 0 Å². The number of benzene rings is 2. The van der Waals surface area contributed by atoms with Crippen LogP contribution in [-0.2, 0) is 19.3 Å². The molecule has 0 atom stereocenters. The molecule has 6 nitrogen and oxygen atoms in total. The maximum absolute atomic E-state index is 14.2. The van der Waals surface area contributed by atoms with Crippen molar-refractivity contribution < 1.29 is 22.3 Å². The minimum atomic E-state index is -3.92. The van der Waals surface area contributed by atoms with Gasteiger partial charge in [-0.1, -0.05) is 11.6 Å². The topological polar surface area (TPSA) is 68.7 Å². The number of rotatable bonds is 3. The lowest BCUT2D eigenvalue weighted by atomic mass is 10.0. The third kappa shape index (κ3) is 3.67. The Kier molecular flexibility index (Phi) is 5.13. The summed E-state index contributed by atoms with van der Waals surface area (Å²) in [7, 11) is -3.92. The Morgan fingerprint density at radius 2 is 1.71 bits per heavy atom. The number of pyridine rings is 1. The minimum Gasteiger partial charge on any atom is -0.369 e. The number of hydrogen-bond donors (Lipinski definition) is 0. The van der Waals surface area contributed by atoms with E-state index in [2.05, 4.69) is 4.98 Å². The second-order valence-corrected chi connectivity index (χ2v) is 10.0. The van der Waals surface area contributed by atoms with Gasteiger partial charge in [-0.05, 0) is 42.5 Å². The van der Waals surface area contributed by atoms with E-state index < -0.39 is 21.4 Å². The van der Waals surface area contributed by atoms with Crippen molar-refractivity contribution >= 4 is 38.0 Å². The molecule has 1 spiro atoms. The van der Waals surface area contributed by atoms with Gasteiger partial charge in [-0.3, -0.25) is 4.98 Å². The first-order chi connectivity index (χ1) is 14.9. The Labute approximate surface area is 184 Å². The molecule has 1 aromatic heterocycles. The van der Waals surface area contributed by atoms with E-state index in [4.69, 9.17) is 21.1 Å². The summed E-state index contributed by atoms with van der Waals surface area (Å²) in [6.07, 6.45) is 2.53. The predicted octanol–water partition coefficient (Wildman–Crippen LogP) is 4.20. The monoisotopic (exact) mass is 462 g/mol. The van der Waals surface area contributed by atoms with Crippen LogP contribution in [0.15, 0.2) is 58.5 Å². The number of sulfone groups is 1. The van der Waals surface area contributed by atoms with Crippen LogP contribution in [0.25, 0.3) is 10.9 Å². The van der Waals surface area contributed by atoms with E-state index in [9.17, 15) is 12.8 Å². The smallest absolute Gasteiger partial charge is 0.210 e. The van der Waals surface area contributed by atoms with Crippen LogP contribution in [0.2, 0.25) is 5.02 Å². The van der Waals surface area contributed by atoms with Gasteiger partial charge >= 0.3 is 0 Å². The molecule has 2 aliphatic rings. The normalized spacial score (nSPS) is 18.7. The summed E-state index contributed by atoms with van der Waals surface area (Å²) in [5, 5.41) is 0.898. The molecular formula is C22H20ClFN2O4S. The summed E-state index contributed by atoms with van der Waals surface area (Å²) in [6, 6.07) is 10.2. The third-order valence-electron chi connectivity index (χ3n) is 5.84. The number of aromatic nitrogens is 1. The van der Waals surface area contributed by atoms with Crippen molar-refractivity contribution in [3.05, 3.63) is 59.5 Å². The van der Waals surface area contributed by atoms with E-state index in [1.165, 1.54) is 42.6 Å². The van der Waals surface area contributed by atoms with Crippen molar-refractivity contribution in [3.63, 3.8) is 0 Å². The Morgan fingerprint density at radius 1 is 1.03 bits per heavy atom. The van der Waals surface area contributed by atoms with Gasteiger partial charge in [0.15, 0.2) is 5.79 Å². The Morgan fingerprint density at radius 3 is 2.39 bits per heavy atom. The lowest BCUT2D eigenvalue weighted by Crippen LogP contribution is -2.45. The standard InChI is InChI=1S/C22H20ClFN2O4S/c23-15-1-4-17(5-2-15)31(27,28)20-14-25-19-6-3-16(24)13-18(19)21(20)26-9-7-22(8-10-26)29-11-12-30-22/h1-6,13-14H,7-12H2. The molecule has 0 amide bonds. The molecule has 0 bridgehead atoms. The van der Waals surface area contributed by atoms with E-state index in [0.29, 0.717) is 60.8 Å². The van der Waals surface area contributed by atoms with Crippen LogP contribution in [0.5, 0.6) is 0 Å². The van der Waals surface area contributed by atoms with Gasteiger partial charge in [-0.25, -0.2) is 12.8 Å². The molecule has 3 heterocycles. The molecule has 0 unspecified atom stereocenters. The third-order valence-corrected chi connectivity index (χ3v) is 7.86. The quantitative estimate of drug-likeness (QED) is 0.581. The van der Waals surface area contributed by atoms with Gasteiger partial charge in [0.1, 0.15) is 10.7 Å². The molecule has 0 N–H and O–H groups in total. The first-order valence-corrected chi connectivity index (χ1v) is 11.9. The van der Waals surface area contributed by atoms with Crippen molar-refractivity contribution in [2.75, 3.05) is 31.2 Å². The molecule has 31 heavy (non-hydrogen) atoms. The number of hydrogen-bond acceptors (Lipinski definition) is 6. The first-order valence-electron chi connectivity index (χ1n) is 10.00. The fourth-order valence-electron chi connectivity index (χ4n) is 4.25. The highest BCUT2D eigenvalue weighted by Gasteiger charge is 2.41. The van der Waals surface area contributed by atoms with Gasteiger partial charge in [-0.15, -0.1) is 0 Å². The van der Waals surface area contributed by atoms with E-state index in [0.717, 1.165) is 0 Å². The SMILES string of the molecule is O=S(=O)(c1ccc(Cl)cc1)c1cnc2ccc(F)cc2c1N1CCC2(CC1)OCCO2. The van der Waals surface area contributed by atoms with Crippen LogP contribution in [-0.4, -0.2) is 45.5 Å². The highest BCUT2D eigenvalue weighted by atomic mass is 35.5. The molecule has 0 saturated carbocycles. The van der Waals surface area contributed by atoms with Gasteiger partial charge in [0.05, 0.1) is 29.3 Å². The molecule has 162 valence electrons. The van der Waals surface area contributed by atoms with Gasteiger partial charge in [-0.2, -0.15) is 0 Å². The highest BCUT2D eigenvalue weighted by molar-refractivity contribution is 7.91. The number of halogens is 2. The molecule has 2 aromatic carbocycles. The van der Waals surface area contributed by atoms with E-state index in [1.54, 1.807) is 6.07 Å². The average molecular weight is 463 g/mol. The number of piperidine rings is 1. The maximum atomic E-state index is 14.2. The molecule has 0 radical (unpaired) electrons. The molecule has 0 aliphatic carbocycles. The van der Waals surface area contributed by atoms with E-state index in [-0.39, 0.29) is 9.79 Å². The number of fused-ring (bicyclic) bond motifs is 1. The zero-order chi connectivity index (χ0) is 21.6. The zero-order valence-electron chi connectivity index (χ0n) is 16.6. The van der Waals surface area contributed by atoms with Gasteiger partial charge in [0, 0.05) is 42.5 Å². The van der Waals surface area contributed by atoms with Gasteiger partial charge in [0.25, 0.3) is 0 Å². The first kappa shape index (κ1) is 20.6. The molecule has 2 saturated heterocycles. The summed E-state index contributed by atoms with van der Waals surface area (Å²) in [5.41, 5.74) is 0.979. The van der Waals surface area contributed by atoms with Crippen LogP contribution in [0, 0.1) is 5.82 Å². The van der Waals surface area contributed by atoms with Gasteiger partial charge < -0.3 is 14.4 Å². The number of ether oxygens (including phenoxy) is 2. The second kappa shape index (κ2) is 7.70.